The molecule has 1 aromatic heterocycles. The molecule has 0 bridgehead atoms. The molecule has 1 aliphatic carbocycles. The zero-order chi connectivity index (χ0) is 20.7. The van der Waals surface area contributed by atoms with E-state index < -0.39 is 6.03 Å². The van der Waals surface area contributed by atoms with Crippen molar-refractivity contribution in [2.24, 2.45) is 5.92 Å². The topological polar surface area (TPSA) is 86.1 Å². The normalized spacial score (nSPS) is 23.6. The lowest BCUT2D eigenvalue weighted by Crippen LogP contribution is -2.61. The minimum absolute atomic E-state index is 0.154. The predicted molar refractivity (Wildman–Crippen MR) is 113 cm³/mol. The van der Waals surface area contributed by atoms with Gasteiger partial charge in [-0.3, -0.25) is 9.78 Å². The predicted octanol–water partition coefficient (Wildman–Crippen LogP) is 4.12. The maximum Gasteiger partial charge on any atom is 0.329 e. The van der Waals surface area contributed by atoms with Crippen LogP contribution in [-0.4, -0.2) is 23.0 Å². The number of pyridine rings is 1. The second kappa shape index (κ2) is 7.27. The number of carbonyl (C=O) groups excluding carboxylic acids is 2. The summed E-state index contributed by atoms with van der Waals surface area (Å²) in [5.41, 5.74) is 2.18. The van der Waals surface area contributed by atoms with Crippen LogP contribution in [0.2, 0.25) is 0 Å². The van der Waals surface area contributed by atoms with Crippen LogP contribution in [0.4, 0.5) is 10.5 Å². The fourth-order valence-electron chi connectivity index (χ4n) is 4.86. The monoisotopic (exact) mass is 396 g/mol. The molecule has 3 atom stereocenters. The maximum atomic E-state index is 13.4. The third-order valence-corrected chi connectivity index (χ3v) is 6.31. The fraction of sp³-hybridized carbons (Fsp3) is 0.250. The van der Waals surface area contributed by atoms with E-state index in [9.17, 15) is 14.9 Å². The number of imide groups is 1. The summed E-state index contributed by atoms with van der Waals surface area (Å²) >= 11 is 0. The molecule has 2 aromatic carbocycles. The Morgan fingerprint density at radius 3 is 2.70 bits per heavy atom. The number of hydrogen-bond donors (Lipinski definition) is 1. The van der Waals surface area contributed by atoms with Crippen LogP contribution in [-0.2, 0) is 4.79 Å². The Balaban J connectivity index is 1.44. The number of aromatic nitrogens is 1. The van der Waals surface area contributed by atoms with Crippen molar-refractivity contribution in [1.29, 1.82) is 5.26 Å². The molecule has 148 valence electrons. The summed E-state index contributed by atoms with van der Waals surface area (Å²) in [5, 5.41) is 14.2. The Hall–Kier alpha value is -3.72. The van der Waals surface area contributed by atoms with E-state index >= 15 is 0 Å². The molecule has 1 N–H and O–H groups in total. The average Bonchev–Trinajstić information content (AvgIpc) is 2.79. The van der Waals surface area contributed by atoms with Crippen molar-refractivity contribution >= 4 is 28.4 Å². The molecule has 6 heteroatoms. The van der Waals surface area contributed by atoms with Crippen LogP contribution in [0.15, 0.2) is 60.9 Å². The first-order valence-corrected chi connectivity index (χ1v) is 10.1. The largest absolute Gasteiger partial charge is 0.334 e. The van der Waals surface area contributed by atoms with E-state index in [-0.39, 0.29) is 23.8 Å². The molecule has 0 spiro atoms. The molecule has 3 amide bonds. The van der Waals surface area contributed by atoms with Crippen molar-refractivity contribution in [3.63, 3.8) is 0 Å². The fourth-order valence-corrected chi connectivity index (χ4v) is 4.86. The van der Waals surface area contributed by atoms with E-state index in [2.05, 4.69) is 16.4 Å². The van der Waals surface area contributed by atoms with Crippen LogP contribution >= 0.6 is 0 Å². The third kappa shape index (κ3) is 2.91. The van der Waals surface area contributed by atoms with E-state index in [1.165, 1.54) is 4.90 Å². The van der Waals surface area contributed by atoms with Gasteiger partial charge in [0.2, 0.25) is 5.91 Å². The smallest absolute Gasteiger partial charge is 0.329 e. The summed E-state index contributed by atoms with van der Waals surface area (Å²) in [5.74, 6) is -0.290. The summed E-state index contributed by atoms with van der Waals surface area (Å²) in [6.45, 7) is 0. The third-order valence-electron chi connectivity index (χ3n) is 6.31. The minimum Gasteiger partial charge on any atom is -0.334 e. The highest BCUT2D eigenvalue weighted by molar-refractivity contribution is 6.20. The van der Waals surface area contributed by atoms with Gasteiger partial charge < -0.3 is 5.32 Å². The molecular weight excluding hydrogens is 376 g/mol. The number of carbonyl (C=O) groups is 2. The number of benzene rings is 2. The van der Waals surface area contributed by atoms with Crippen molar-refractivity contribution in [3.05, 3.63) is 72.1 Å². The number of nitrogens with one attached hydrogen (secondary N) is 1. The number of nitrogens with zero attached hydrogens (tertiary/aromatic N) is 3. The van der Waals surface area contributed by atoms with Gasteiger partial charge in [-0.2, -0.15) is 5.26 Å². The lowest BCUT2D eigenvalue weighted by atomic mass is 9.73. The first kappa shape index (κ1) is 18.3. The molecule has 1 aliphatic heterocycles. The molecule has 3 unspecified atom stereocenters. The Bertz CT molecular complexity index is 1190. The molecule has 2 aliphatic rings. The highest BCUT2D eigenvalue weighted by Gasteiger charge is 2.45. The summed E-state index contributed by atoms with van der Waals surface area (Å²) in [6.07, 6.45) is 5.44. The summed E-state index contributed by atoms with van der Waals surface area (Å²) in [4.78, 5) is 31.8. The lowest BCUT2D eigenvalue weighted by molar-refractivity contribution is -0.124. The Morgan fingerprint density at radius 1 is 1.03 bits per heavy atom. The quantitative estimate of drug-likeness (QED) is 0.706. The number of nitriles is 1. The van der Waals surface area contributed by atoms with Gasteiger partial charge in [-0.25, -0.2) is 9.69 Å². The maximum absolute atomic E-state index is 13.4. The van der Waals surface area contributed by atoms with Crippen LogP contribution in [0.5, 0.6) is 0 Å². The molecule has 1 saturated heterocycles. The highest BCUT2D eigenvalue weighted by atomic mass is 16.2. The molecule has 30 heavy (non-hydrogen) atoms. The molecule has 0 radical (unpaired) electrons. The van der Waals surface area contributed by atoms with Crippen molar-refractivity contribution < 1.29 is 9.59 Å². The first-order valence-electron chi connectivity index (χ1n) is 10.1. The Kier molecular flexibility index (Phi) is 4.44. The van der Waals surface area contributed by atoms with Crippen LogP contribution < -0.4 is 10.2 Å². The molecular formula is C24H20N4O2. The van der Waals surface area contributed by atoms with Crippen molar-refractivity contribution in [2.75, 3.05) is 4.90 Å². The van der Waals surface area contributed by atoms with E-state index in [1.807, 2.05) is 48.5 Å². The van der Waals surface area contributed by atoms with E-state index in [0.29, 0.717) is 24.1 Å². The molecule has 6 nitrogen and oxygen atoms in total. The van der Waals surface area contributed by atoms with Gasteiger partial charge >= 0.3 is 6.03 Å². The van der Waals surface area contributed by atoms with Gasteiger partial charge in [0.05, 0.1) is 29.4 Å². The van der Waals surface area contributed by atoms with Crippen LogP contribution in [0.25, 0.3) is 10.8 Å². The summed E-state index contributed by atoms with van der Waals surface area (Å²) in [6, 6.07) is 16.8. The van der Waals surface area contributed by atoms with Gasteiger partial charge in [-0.15, -0.1) is 0 Å². The van der Waals surface area contributed by atoms with Crippen molar-refractivity contribution in [2.45, 2.75) is 31.2 Å². The van der Waals surface area contributed by atoms with E-state index in [4.69, 9.17) is 0 Å². The second-order valence-electron chi connectivity index (χ2n) is 7.92. The second-order valence-corrected chi connectivity index (χ2v) is 7.92. The molecule has 1 saturated carbocycles. The zero-order valence-corrected chi connectivity index (χ0v) is 16.3. The number of fused-ring (bicyclic) bond motifs is 2. The van der Waals surface area contributed by atoms with Gasteiger partial charge in [-0.05, 0) is 36.8 Å². The number of amides is 3. The highest BCUT2D eigenvalue weighted by Crippen LogP contribution is 2.40. The van der Waals surface area contributed by atoms with Crippen molar-refractivity contribution in [3.8, 4) is 6.07 Å². The van der Waals surface area contributed by atoms with Crippen LogP contribution in [0, 0.1) is 17.2 Å². The first-order chi connectivity index (χ1) is 14.7. The number of anilines is 1. The lowest BCUT2D eigenvalue weighted by Gasteiger charge is -2.42. The molecule has 5 rings (SSSR count). The van der Waals surface area contributed by atoms with Gasteiger partial charge in [0.15, 0.2) is 0 Å². The molecule has 3 aromatic rings. The molecule has 2 fully saturated rings. The standard InChI is InChI=1S/C24H20N4O2/c25-12-16-5-1-3-7-18(16)15-9-10-20-21(11-15)27-24(30)28(23(20)29)22-14-26-13-17-6-2-4-8-19(17)22/h1-8,13-15,20-21H,9-11H2,(H,27,30). The van der Waals surface area contributed by atoms with E-state index in [1.54, 1.807) is 12.4 Å². The number of hydrogen-bond acceptors (Lipinski definition) is 4. The van der Waals surface area contributed by atoms with Gasteiger partial charge in [-0.1, -0.05) is 42.5 Å². The average molecular weight is 396 g/mol. The Morgan fingerprint density at radius 2 is 1.83 bits per heavy atom. The van der Waals surface area contributed by atoms with Gasteiger partial charge in [0.1, 0.15) is 0 Å². The summed E-state index contributed by atoms with van der Waals surface area (Å²) in [7, 11) is 0. The minimum atomic E-state index is -0.409. The van der Waals surface area contributed by atoms with E-state index in [0.717, 1.165) is 22.8 Å². The van der Waals surface area contributed by atoms with Crippen molar-refractivity contribution in [1.82, 2.24) is 10.3 Å². The van der Waals surface area contributed by atoms with Gasteiger partial charge in [0.25, 0.3) is 0 Å². The number of urea groups is 1. The van der Waals surface area contributed by atoms with Crippen LogP contribution in [0.3, 0.4) is 0 Å². The zero-order valence-electron chi connectivity index (χ0n) is 16.3. The summed E-state index contributed by atoms with van der Waals surface area (Å²) < 4.78 is 0. The molecule has 2 heterocycles. The van der Waals surface area contributed by atoms with Gasteiger partial charge in [0, 0.05) is 23.0 Å². The Labute approximate surface area is 174 Å². The van der Waals surface area contributed by atoms with Crippen LogP contribution in [0.1, 0.15) is 36.3 Å². The SMILES string of the molecule is N#Cc1ccccc1C1CCC2C(=O)N(c3cncc4ccccc34)C(=O)NC2C1. The number of rotatable bonds is 2.